The van der Waals surface area contributed by atoms with E-state index in [1.54, 1.807) is 11.8 Å². The highest BCUT2D eigenvalue weighted by atomic mass is 32.2. The third-order valence-electron chi connectivity index (χ3n) is 3.23. The van der Waals surface area contributed by atoms with Gasteiger partial charge in [-0.2, -0.15) is 0 Å². The molecule has 0 radical (unpaired) electrons. The predicted molar refractivity (Wildman–Crippen MR) is 79.8 cm³/mol. The largest absolute Gasteiger partial charge is 0.486 e. The fraction of sp³-hybridized carbons (Fsp3) is 0.500. The summed E-state index contributed by atoms with van der Waals surface area (Å²) in [6.45, 7) is 2.87. The Balaban J connectivity index is 1.59. The van der Waals surface area contributed by atoms with Crippen LogP contribution in [-0.4, -0.2) is 59.9 Å². The quantitative estimate of drug-likeness (QED) is 0.905. The minimum absolute atomic E-state index is 0.0467. The molecule has 1 aromatic carbocycles. The molecule has 0 spiro atoms. The van der Waals surface area contributed by atoms with Gasteiger partial charge in [0.1, 0.15) is 6.61 Å². The van der Waals surface area contributed by atoms with Crippen LogP contribution >= 0.6 is 11.8 Å². The molecule has 20 heavy (non-hydrogen) atoms. The normalized spacial score (nSPS) is 23.4. The number of para-hydroxylation sites is 2. The number of hydrogen-bond acceptors (Lipinski definition) is 5. The lowest BCUT2D eigenvalue weighted by Crippen LogP contribution is -2.33. The second-order valence-corrected chi connectivity index (χ2v) is 5.74. The maximum atomic E-state index is 9.02. The van der Waals surface area contributed by atoms with Crippen molar-refractivity contribution >= 4 is 16.9 Å². The summed E-state index contributed by atoms with van der Waals surface area (Å²) in [5, 5.41) is 10.0. The summed E-state index contributed by atoms with van der Waals surface area (Å²) < 4.78 is 11.5. The highest BCUT2D eigenvalue weighted by Crippen LogP contribution is 2.31. The molecule has 1 N–H and O–H groups in total. The van der Waals surface area contributed by atoms with Crippen LogP contribution in [0.15, 0.2) is 29.3 Å². The Morgan fingerprint density at radius 2 is 2.20 bits per heavy atom. The first kappa shape index (κ1) is 13.6. The van der Waals surface area contributed by atoms with Crippen LogP contribution in [0.2, 0.25) is 0 Å². The standard InChI is InChI=1S/C14H18N2O3S/c17-7-5-16-6-8-20-14(16)15-9-11-10-18-12-3-1-2-4-13(12)19-11/h1-4,11,17H,5-10H2/b15-14-. The molecule has 0 saturated carbocycles. The van der Waals surface area contributed by atoms with Crippen molar-refractivity contribution in [3.8, 4) is 11.5 Å². The fourth-order valence-electron chi connectivity index (χ4n) is 2.24. The van der Waals surface area contributed by atoms with Crippen LogP contribution in [0, 0.1) is 0 Å². The number of β-amino-alcohol motifs (C(OH)–C–C–N with tert-alkyl or cyclic N) is 1. The van der Waals surface area contributed by atoms with E-state index in [0.29, 0.717) is 19.7 Å². The molecule has 2 heterocycles. The smallest absolute Gasteiger partial charge is 0.161 e. The number of fused-ring (bicyclic) bond motifs is 1. The van der Waals surface area contributed by atoms with Gasteiger partial charge in [-0.3, -0.25) is 4.99 Å². The van der Waals surface area contributed by atoms with Gasteiger partial charge in [0, 0.05) is 18.8 Å². The van der Waals surface area contributed by atoms with Crippen LogP contribution < -0.4 is 9.47 Å². The average Bonchev–Trinajstić information content (AvgIpc) is 2.93. The maximum absolute atomic E-state index is 9.02. The fourth-order valence-corrected chi connectivity index (χ4v) is 3.27. The Labute approximate surface area is 122 Å². The van der Waals surface area contributed by atoms with Crippen molar-refractivity contribution in [1.29, 1.82) is 0 Å². The molecule has 108 valence electrons. The minimum atomic E-state index is -0.0467. The molecule has 6 heteroatoms. The van der Waals surface area contributed by atoms with Crippen LogP contribution in [0.5, 0.6) is 11.5 Å². The summed E-state index contributed by atoms with van der Waals surface area (Å²) in [6, 6.07) is 7.70. The van der Waals surface area contributed by atoms with Crippen LogP contribution in [0.4, 0.5) is 0 Å². The predicted octanol–water partition coefficient (Wildman–Crippen LogP) is 1.22. The summed E-state index contributed by atoms with van der Waals surface area (Å²) in [6.07, 6.45) is -0.0467. The van der Waals surface area contributed by atoms with Crippen molar-refractivity contribution in [2.24, 2.45) is 4.99 Å². The summed E-state index contributed by atoms with van der Waals surface area (Å²) >= 11 is 1.73. The van der Waals surface area contributed by atoms with E-state index >= 15 is 0 Å². The van der Waals surface area contributed by atoms with Gasteiger partial charge in [-0.25, -0.2) is 0 Å². The first-order valence-corrected chi connectivity index (χ1v) is 7.77. The van der Waals surface area contributed by atoms with E-state index in [1.807, 2.05) is 24.3 Å². The Hall–Kier alpha value is -1.40. The second kappa shape index (κ2) is 6.37. The van der Waals surface area contributed by atoms with Crippen molar-refractivity contribution in [1.82, 2.24) is 4.90 Å². The lowest BCUT2D eigenvalue weighted by Gasteiger charge is -2.25. The number of hydrogen-bond donors (Lipinski definition) is 1. The molecule has 2 aliphatic rings. The van der Waals surface area contributed by atoms with Crippen LogP contribution in [0.25, 0.3) is 0 Å². The zero-order valence-corrected chi connectivity index (χ0v) is 12.0. The van der Waals surface area contributed by atoms with E-state index in [9.17, 15) is 0 Å². The topological polar surface area (TPSA) is 54.3 Å². The molecule has 0 bridgehead atoms. The number of aliphatic hydroxyl groups is 1. The second-order valence-electron chi connectivity index (χ2n) is 4.68. The van der Waals surface area contributed by atoms with Gasteiger partial charge in [0.05, 0.1) is 13.2 Å². The molecule has 1 fully saturated rings. The Bertz CT molecular complexity index is 495. The Kier molecular flexibility index (Phi) is 4.32. The van der Waals surface area contributed by atoms with Gasteiger partial charge in [-0.1, -0.05) is 23.9 Å². The molecule has 1 unspecified atom stereocenters. The van der Waals surface area contributed by atoms with Crippen molar-refractivity contribution in [3.05, 3.63) is 24.3 Å². The monoisotopic (exact) mass is 294 g/mol. The van der Waals surface area contributed by atoms with Gasteiger partial charge in [0.25, 0.3) is 0 Å². The first-order chi connectivity index (χ1) is 9.86. The van der Waals surface area contributed by atoms with E-state index in [0.717, 1.165) is 29.0 Å². The van der Waals surface area contributed by atoms with Crippen molar-refractivity contribution in [3.63, 3.8) is 0 Å². The number of rotatable bonds is 4. The van der Waals surface area contributed by atoms with Crippen molar-refractivity contribution < 1.29 is 14.6 Å². The summed E-state index contributed by atoms with van der Waals surface area (Å²) in [5.74, 6) is 2.62. The van der Waals surface area contributed by atoms with E-state index in [1.165, 1.54) is 0 Å². The number of amidine groups is 1. The van der Waals surface area contributed by atoms with Gasteiger partial charge in [-0.15, -0.1) is 0 Å². The molecule has 5 nitrogen and oxygen atoms in total. The number of aliphatic imine (C=N–C) groups is 1. The van der Waals surface area contributed by atoms with Gasteiger partial charge < -0.3 is 19.5 Å². The van der Waals surface area contributed by atoms with Crippen LogP contribution in [-0.2, 0) is 0 Å². The maximum Gasteiger partial charge on any atom is 0.161 e. The molecule has 0 amide bonds. The Morgan fingerprint density at radius 1 is 1.35 bits per heavy atom. The lowest BCUT2D eigenvalue weighted by atomic mass is 10.2. The molecule has 0 aromatic heterocycles. The summed E-state index contributed by atoms with van der Waals surface area (Å²) in [5.41, 5.74) is 0. The van der Waals surface area contributed by atoms with Crippen LogP contribution in [0.1, 0.15) is 0 Å². The highest BCUT2D eigenvalue weighted by Gasteiger charge is 2.22. The van der Waals surface area contributed by atoms with E-state index in [4.69, 9.17) is 14.6 Å². The van der Waals surface area contributed by atoms with Gasteiger partial charge in [0.2, 0.25) is 0 Å². The van der Waals surface area contributed by atoms with E-state index in [-0.39, 0.29) is 12.7 Å². The average molecular weight is 294 g/mol. The van der Waals surface area contributed by atoms with E-state index < -0.39 is 0 Å². The highest BCUT2D eigenvalue weighted by molar-refractivity contribution is 8.14. The zero-order valence-electron chi connectivity index (χ0n) is 11.2. The van der Waals surface area contributed by atoms with Crippen LogP contribution in [0.3, 0.4) is 0 Å². The third kappa shape index (κ3) is 3.02. The van der Waals surface area contributed by atoms with Gasteiger partial charge in [-0.05, 0) is 12.1 Å². The molecule has 1 saturated heterocycles. The molecule has 0 aliphatic carbocycles. The summed E-state index contributed by atoms with van der Waals surface area (Å²) in [4.78, 5) is 6.72. The lowest BCUT2D eigenvalue weighted by molar-refractivity contribution is 0.0971. The number of aliphatic hydroxyl groups excluding tert-OH is 1. The van der Waals surface area contributed by atoms with Crippen molar-refractivity contribution in [2.45, 2.75) is 6.10 Å². The minimum Gasteiger partial charge on any atom is -0.486 e. The summed E-state index contributed by atoms with van der Waals surface area (Å²) in [7, 11) is 0. The van der Waals surface area contributed by atoms with Gasteiger partial charge in [0.15, 0.2) is 22.8 Å². The first-order valence-electron chi connectivity index (χ1n) is 6.78. The molecule has 1 aromatic rings. The number of benzene rings is 1. The van der Waals surface area contributed by atoms with E-state index in [2.05, 4.69) is 9.89 Å². The molecule has 2 aliphatic heterocycles. The van der Waals surface area contributed by atoms with Crippen molar-refractivity contribution in [2.75, 3.05) is 38.6 Å². The number of ether oxygens (including phenoxy) is 2. The SMILES string of the molecule is OCCN1CCS/C1=N\CC1COc2ccccc2O1. The molecule has 1 atom stereocenters. The molecular formula is C14H18N2O3S. The number of nitrogens with zero attached hydrogens (tertiary/aromatic N) is 2. The van der Waals surface area contributed by atoms with Gasteiger partial charge >= 0.3 is 0 Å². The third-order valence-corrected chi connectivity index (χ3v) is 4.26. The molecule has 3 rings (SSSR count). The zero-order chi connectivity index (χ0) is 13.8. The number of thioether (sulfide) groups is 1. The molecular weight excluding hydrogens is 276 g/mol. The Morgan fingerprint density at radius 3 is 3.05 bits per heavy atom.